The average molecular weight is 348 g/mol. The first-order chi connectivity index (χ1) is 12.3. The van der Waals surface area contributed by atoms with Gasteiger partial charge >= 0.3 is 0 Å². The summed E-state index contributed by atoms with van der Waals surface area (Å²) in [6.45, 7) is 5.63. The SMILES string of the molecule is CCCCCCCCCCCCCNC(=O)c1ccc(OCC)cc1. The normalized spacial score (nSPS) is 10.6. The van der Waals surface area contributed by atoms with E-state index >= 15 is 0 Å². The fourth-order valence-corrected chi connectivity index (χ4v) is 2.96. The molecular weight excluding hydrogens is 310 g/mol. The topological polar surface area (TPSA) is 38.3 Å². The Balaban J connectivity index is 1.96. The van der Waals surface area contributed by atoms with Gasteiger partial charge in [-0.2, -0.15) is 0 Å². The minimum absolute atomic E-state index is 0.00938. The summed E-state index contributed by atoms with van der Waals surface area (Å²) < 4.78 is 5.39. The summed E-state index contributed by atoms with van der Waals surface area (Å²) in [7, 11) is 0. The first-order valence-electron chi connectivity index (χ1n) is 10.3. The molecule has 142 valence electrons. The summed E-state index contributed by atoms with van der Waals surface area (Å²) in [4.78, 5) is 12.0. The van der Waals surface area contributed by atoms with Gasteiger partial charge < -0.3 is 10.1 Å². The molecule has 1 aromatic carbocycles. The molecule has 0 saturated carbocycles. The Hall–Kier alpha value is -1.51. The van der Waals surface area contributed by atoms with E-state index in [4.69, 9.17) is 4.74 Å². The number of ether oxygens (including phenoxy) is 1. The molecule has 0 aromatic heterocycles. The fourth-order valence-electron chi connectivity index (χ4n) is 2.96. The van der Waals surface area contributed by atoms with Gasteiger partial charge in [-0.3, -0.25) is 4.79 Å². The lowest BCUT2D eigenvalue weighted by Gasteiger charge is -2.07. The molecule has 0 spiro atoms. The molecule has 0 fully saturated rings. The van der Waals surface area contributed by atoms with Crippen molar-refractivity contribution in [3.63, 3.8) is 0 Å². The number of carbonyl (C=O) groups excluding carboxylic acids is 1. The standard InChI is InChI=1S/C22H37NO2/c1-3-5-6-7-8-9-10-11-12-13-14-19-23-22(24)20-15-17-21(18-16-20)25-4-2/h15-18H,3-14,19H2,1-2H3,(H,23,24). The first-order valence-corrected chi connectivity index (χ1v) is 10.3. The smallest absolute Gasteiger partial charge is 0.251 e. The van der Waals surface area contributed by atoms with E-state index in [1.807, 2.05) is 31.2 Å². The van der Waals surface area contributed by atoms with Crippen molar-refractivity contribution in [2.75, 3.05) is 13.2 Å². The molecule has 1 rings (SSSR count). The van der Waals surface area contributed by atoms with Crippen LogP contribution in [0.25, 0.3) is 0 Å². The summed E-state index contributed by atoms with van der Waals surface area (Å²) >= 11 is 0. The van der Waals surface area contributed by atoms with Crippen LogP contribution in [0, 0.1) is 0 Å². The monoisotopic (exact) mass is 347 g/mol. The quantitative estimate of drug-likeness (QED) is 0.388. The molecule has 0 atom stereocenters. The van der Waals surface area contributed by atoms with Crippen LogP contribution in [-0.2, 0) is 0 Å². The Bertz CT molecular complexity index is 442. The fraction of sp³-hybridized carbons (Fsp3) is 0.682. The van der Waals surface area contributed by atoms with Gasteiger partial charge in [-0.1, -0.05) is 71.1 Å². The molecule has 1 N–H and O–H groups in total. The molecule has 25 heavy (non-hydrogen) atoms. The van der Waals surface area contributed by atoms with Crippen molar-refractivity contribution in [2.24, 2.45) is 0 Å². The van der Waals surface area contributed by atoms with Crippen LogP contribution in [0.4, 0.5) is 0 Å². The molecule has 1 amide bonds. The molecule has 3 nitrogen and oxygen atoms in total. The van der Waals surface area contributed by atoms with Crippen molar-refractivity contribution in [1.82, 2.24) is 5.32 Å². The summed E-state index contributed by atoms with van der Waals surface area (Å²) in [5.74, 6) is 0.819. The van der Waals surface area contributed by atoms with Crippen LogP contribution >= 0.6 is 0 Å². The second-order valence-corrected chi connectivity index (χ2v) is 6.75. The molecule has 0 heterocycles. The van der Waals surface area contributed by atoms with Gasteiger partial charge in [0.05, 0.1) is 6.61 Å². The number of nitrogens with one attached hydrogen (secondary N) is 1. The van der Waals surface area contributed by atoms with E-state index < -0.39 is 0 Å². The third-order valence-electron chi connectivity index (χ3n) is 4.49. The molecule has 0 saturated heterocycles. The Morgan fingerprint density at radius 1 is 0.800 bits per heavy atom. The largest absolute Gasteiger partial charge is 0.494 e. The number of benzene rings is 1. The van der Waals surface area contributed by atoms with Crippen LogP contribution in [0.5, 0.6) is 5.75 Å². The van der Waals surface area contributed by atoms with Crippen molar-refractivity contribution < 1.29 is 9.53 Å². The van der Waals surface area contributed by atoms with E-state index in [-0.39, 0.29) is 5.91 Å². The lowest BCUT2D eigenvalue weighted by Crippen LogP contribution is -2.24. The highest BCUT2D eigenvalue weighted by Gasteiger charge is 2.04. The Morgan fingerprint density at radius 2 is 1.32 bits per heavy atom. The number of amides is 1. The van der Waals surface area contributed by atoms with E-state index in [2.05, 4.69) is 12.2 Å². The van der Waals surface area contributed by atoms with E-state index in [0.29, 0.717) is 12.2 Å². The maximum absolute atomic E-state index is 12.0. The second-order valence-electron chi connectivity index (χ2n) is 6.75. The van der Waals surface area contributed by atoms with Crippen molar-refractivity contribution in [3.05, 3.63) is 29.8 Å². The number of hydrogen-bond donors (Lipinski definition) is 1. The molecule has 0 bridgehead atoms. The highest BCUT2D eigenvalue weighted by molar-refractivity contribution is 5.94. The number of carbonyl (C=O) groups is 1. The van der Waals surface area contributed by atoms with Crippen LogP contribution in [0.3, 0.4) is 0 Å². The third-order valence-corrected chi connectivity index (χ3v) is 4.49. The van der Waals surface area contributed by atoms with Crippen LogP contribution in [0.15, 0.2) is 24.3 Å². The van der Waals surface area contributed by atoms with Crippen LogP contribution in [0.1, 0.15) is 94.8 Å². The molecule has 0 radical (unpaired) electrons. The molecule has 0 unspecified atom stereocenters. The van der Waals surface area contributed by atoms with E-state index in [1.165, 1.54) is 64.2 Å². The van der Waals surface area contributed by atoms with Crippen molar-refractivity contribution in [2.45, 2.75) is 84.5 Å². The van der Waals surface area contributed by atoms with Gasteiger partial charge in [-0.05, 0) is 37.6 Å². The average Bonchev–Trinajstić information content (AvgIpc) is 2.63. The van der Waals surface area contributed by atoms with E-state index in [0.717, 1.165) is 18.7 Å². The van der Waals surface area contributed by atoms with Crippen molar-refractivity contribution in [1.29, 1.82) is 0 Å². The van der Waals surface area contributed by atoms with Gasteiger partial charge in [0.15, 0.2) is 0 Å². The van der Waals surface area contributed by atoms with Crippen molar-refractivity contribution in [3.8, 4) is 5.75 Å². The summed E-state index contributed by atoms with van der Waals surface area (Å²) in [5, 5.41) is 3.00. The molecule has 1 aromatic rings. The van der Waals surface area contributed by atoms with Crippen LogP contribution < -0.4 is 10.1 Å². The predicted octanol–water partition coefficient (Wildman–Crippen LogP) is 6.13. The molecular formula is C22H37NO2. The van der Waals surface area contributed by atoms with Gasteiger partial charge in [0.2, 0.25) is 0 Å². The highest BCUT2D eigenvalue weighted by atomic mass is 16.5. The highest BCUT2D eigenvalue weighted by Crippen LogP contribution is 2.13. The van der Waals surface area contributed by atoms with Gasteiger partial charge in [0.1, 0.15) is 5.75 Å². The maximum Gasteiger partial charge on any atom is 0.251 e. The van der Waals surface area contributed by atoms with Gasteiger partial charge in [0, 0.05) is 12.1 Å². The summed E-state index contributed by atoms with van der Waals surface area (Å²) in [6.07, 6.45) is 14.6. The minimum atomic E-state index is 0.00938. The van der Waals surface area contributed by atoms with Gasteiger partial charge in [0.25, 0.3) is 5.91 Å². The zero-order valence-corrected chi connectivity index (χ0v) is 16.3. The van der Waals surface area contributed by atoms with Crippen molar-refractivity contribution >= 4 is 5.91 Å². The van der Waals surface area contributed by atoms with E-state index in [1.54, 1.807) is 0 Å². The summed E-state index contributed by atoms with van der Waals surface area (Å²) in [6, 6.07) is 7.34. The molecule has 0 aliphatic rings. The zero-order valence-electron chi connectivity index (χ0n) is 16.3. The van der Waals surface area contributed by atoms with Crippen LogP contribution in [0.2, 0.25) is 0 Å². The predicted molar refractivity (Wildman–Crippen MR) is 106 cm³/mol. The number of hydrogen-bond acceptors (Lipinski definition) is 2. The van der Waals surface area contributed by atoms with Crippen LogP contribution in [-0.4, -0.2) is 19.1 Å². The Kier molecular flexibility index (Phi) is 12.7. The van der Waals surface area contributed by atoms with Gasteiger partial charge in [-0.25, -0.2) is 0 Å². The molecule has 3 heteroatoms. The summed E-state index contributed by atoms with van der Waals surface area (Å²) in [5.41, 5.74) is 0.700. The minimum Gasteiger partial charge on any atom is -0.494 e. The second kappa shape index (κ2) is 14.8. The molecule has 0 aliphatic heterocycles. The van der Waals surface area contributed by atoms with Gasteiger partial charge in [-0.15, -0.1) is 0 Å². The molecule has 0 aliphatic carbocycles. The number of unbranched alkanes of at least 4 members (excludes halogenated alkanes) is 10. The lowest BCUT2D eigenvalue weighted by atomic mass is 10.1. The Morgan fingerprint density at radius 3 is 1.84 bits per heavy atom. The zero-order chi connectivity index (χ0) is 18.2. The first kappa shape index (κ1) is 21.5. The Labute approximate surface area is 154 Å². The maximum atomic E-state index is 12.0. The third kappa shape index (κ3) is 10.9. The number of rotatable bonds is 15. The van der Waals surface area contributed by atoms with E-state index in [9.17, 15) is 4.79 Å². The lowest BCUT2D eigenvalue weighted by molar-refractivity contribution is 0.0953.